The number of nitrogens with one attached hydrogen (secondary N) is 1. The Bertz CT molecular complexity index is 817. The number of amides is 1. The summed E-state index contributed by atoms with van der Waals surface area (Å²) in [5.74, 6) is -3.57. The number of nitrogens with zero attached hydrogens (tertiary/aromatic N) is 1. The van der Waals surface area contributed by atoms with Crippen LogP contribution in [0.5, 0.6) is 0 Å². The number of sulfonamides is 1. The first-order valence-electron chi connectivity index (χ1n) is 7.30. The van der Waals surface area contributed by atoms with Gasteiger partial charge in [0.2, 0.25) is 0 Å². The first-order chi connectivity index (χ1) is 11.7. The Morgan fingerprint density at radius 1 is 1.23 bits per heavy atom. The molecule has 1 aromatic carbocycles. The molecule has 1 saturated heterocycles. The van der Waals surface area contributed by atoms with Gasteiger partial charge in [-0.25, -0.2) is 8.78 Å². The van der Waals surface area contributed by atoms with E-state index in [4.69, 9.17) is 11.6 Å². The minimum atomic E-state index is -5.73. The first kappa shape index (κ1) is 20.7. The highest BCUT2D eigenvalue weighted by Gasteiger charge is 2.46. The summed E-state index contributed by atoms with van der Waals surface area (Å²) < 4.78 is 87.7. The molecule has 0 spiro atoms. The second kappa shape index (κ2) is 6.84. The summed E-state index contributed by atoms with van der Waals surface area (Å²) in [7, 11) is -5.73. The fourth-order valence-corrected chi connectivity index (χ4v) is 3.29. The van der Waals surface area contributed by atoms with Crippen molar-refractivity contribution in [3.63, 3.8) is 0 Å². The monoisotopic (exact) mass is 420 g/mol. The Hall–Kier alpha value is -1.62. The molecule has 0 atom stereocenters. The highest BCUT2D eigenvalue weighted by atomic mass is 35.5. The van der Waals surface area contributed by atoms with E-state index in [9.17, 15) is 35.2 Å². The minimum absolute atomic E-state index is 0.125. The molecule has 146 valence electrons. The highest BCUT2D eigenvalue weighted by Crippen LogP contribution is 2.33. The number of anilines is 1. The van der Waals surface area contributed by atoms with Crippen LogP contribution in [-0.2, 0) is 10.0 Å². The number of halogens is 6. The smallest absolute Gasteiger partial charge is 0.338 e. The zero-order valence-corrected chi connectivity index (χ0v) is 14.9. The topological polar surface area (TPSA) is 66.5 Å². The molecule has 1 amide bonds. The van der Waals surface area contributed by atoms with Crippen LogP contribution in [-0.4, -0.2) is 43.7 Å². The van der Waals surface area contributed by atoms with Gasteiger partial charge >= 0.3 is 15.5 Å². The third-order valence-electron chi connectivity index (χ3n) is 3.88. The predicted octanol–water partition coefficient (Wildman–Crippen LogP) is 3.78. The number of piperidine rings is 1. The molecular formula is C14H14ClF5N2O3S. The van der Waals surface area contributed by atoms with Gasteiger partial charge in [-0.15, -0.1) is 0 Å². The molecule has 1 aliphatic heterocycles. The number of hydrogen-bond donors (Lipinski definition) is 1. The lowest BCUT2D eigenvalue weighted by atomic mass is 10.0. The van der Waals surface area contributed by atoms with Gasteiger partial charge < -0.3 is 4.90 Å². The number of hydrogen-bond acceptors (Lipinski definition) is 3. The number of carbonyl (C=O) groups is 1. The van der Waals surface area contributed by atoms with Gasteiger partial charge in [0.1, 0.15) is 0 Å². The summed E-state index contributed by atoms with van der Waals surface area (Å²) in [6, 6.07) is 2.00. The maximum atomic E-state index is 13.2. The van der Waals surface area contributed by atoms with Gasteiger partial charge in [0.15, 0.2) is 0 Å². The van der Waals surface area contributed by atoms with Crippen LogP contribution in [0.3, 0.4) is 0 Å². The molecule has 1 aromatic rings. The van der Waals surface area contributed by atoms with Crippen molar-refractivity contribution in [3.05, 3.63) is 28.3 Å². The Labute approximate surface area is 151 Å². The fourth-order valence-electron chi connectivity index (χ4n) is 2.39. The van der Waals surface area contributed by atoms with E-state index in [2.05, 4.69) is 0 Å². The van der Waals surface area contributed by atoms with E-state index in [1.807, 2.05) is 0 Å². The van der Waals surface area contributed by atoms with Crippen molar-refractivity contribution in [2.75, 3.05) is 17.8 Å². The molecule has 2 rings (SSSR count). The predicted molar refractivity (Wildman–Crippen MR) is 84.9 cm³/mol. The van der Waals surface area contributed by atoms with Crippen molar-refractivity contribution >= 4 is 33.2 Å². The Morgan fingerprint density at radius 2 is 1.77 bits per heavy atom. The molecule has 1 N–H and O–H groups in total. The Kier molecular flexibility index (Phi) is 5.44. The number of likely N-dealkylation sites (tertiary alicyclic amines) is 1. The third kappa shape index (κ3) is 4.37. The van der Waals surface area contributed by atoms with Crippen LogP contribution in [0, 0.1) is 6.92 Å². The molecule has 0 aliphatic carbocycles. The van der Waals surface area contributed by atoms with Gasteiger partial charge in [0.25, 0.3) is 11.8 Å². The largest absolute Gasteiger partial charge is 0.516 e. The van der Waals surface area contributed by atoms with E-state index in [1.165, 1.54) is 11.6 Å². The third-order valence-corrected chi connectivity index (χ3v) is 5.29. The quantitative estimate of drug-likeness (QED) is 0.757. The number of rotatable bonds is 3. The molecule has 0 unspecified atom stereocenters. The van der Waals surface area contributed by atoms with Crippen LogP contribution < -0.4 is 4.72 Å². The van der Waals surface area contributed by atoms with E-state index >= 15 is 0 Å². The maximum absolute atomic E-state index is 13.2. The van der Waals surface area contributed by atoms with Crippen LogP contribution in [0.1, 0.15) is 28.8 Å². The Balaban J connectivity index is 2.32. The van der Waals surface area contributed by atoms with Gasteiger partial charge in [-0.3, -0.25) is 9.52 Å². The lowest BCUT2D eigenvalue weighted by molar-refractivity contribution is -0.0495. The second-order valence-electron chi connectivity index (χ2n) is 5.85. The lowest BCUT2D eigenvalue weighted by Crippen LogP contribution is -2.43. The minimum Gasteiger partial charge on any atom is -0.338 e. The molecule has 0 aromatic heterocycles. The average Bonchev–Trinajstić information content (AvgIpc) is 2.48. The summed E-state index contributed by atoms with van der Waals surface area (Å²) in [4.78, 5) is 13.6. The van der Waals surface area contributed by atoms with Gasteiger partial charge in [0.05, 0.1) is 10.7 Å². The van der Waals surface area contributed by atoms with E-state index < -0.39 is 45.9 Å². The van der Waals surface area contributed by atoms with Crippen molar-refractivity contribution in [1.29, 1.82) is 0 Å². The molecule has 0 radical (unpaired) electrons. The number of alkyl halides is 5. The van der Waals surface area contributed by atoms with Crippen LogP contribution >= 0.6 is 11.6 Å². The van der Waals surface area contributed by atoms with Gasteiger partial charge in [-0.1, -0.05) is 11.6 Å². The van der Waals surface area contributed by atoms with Crippen LogP contribution in [0.15, 0.2) is 12.1 Å². The van der Waals surface area contributed by atoms with Crippen molar-refractivity contribution in [1.82, 2.24) is 4.90 Å². The maximum Gasteiger partial charge on any atom is 0.516 e. The molecular weight excluding hydrogens is 407 g/mol. The van der Waals surface area contributed by atoms with Gasteiger partial charge in [-0.2, -0.15) is 21.6 Å². The van der Waals surface area contributed by atoms with Crippen LogP contribution in [0.4, 0.5) is 27.6 Å². The molecule has 1 fully saturated rings. The van der Waals surface area contributed by atoms with Crippen molar-refractivity contribution in [3.8, 4) is 0 Å². The van der Waals surface area contributed by atoms with Gasteiger partial charge in [-0.05, 0) is 24.6 Å². The number of aryl methyl sites for hydroxylation is 1. The molecule has 5 nitrogen and oxygen atoms in total. The summed E-state index contributed by atoms with van der Waals surface area (Å²) in [5, 5.41) is -0.336. The molecule has 0 bridgehead atoms. The summed E-state index contributed by atoms with van der Waals surface area (Å²) >= 11 is 5.77. The van der Waals surface area contributed by atoms with E-state index in [1.54, 1.807) is 0 Å². The average molecular weight is 421 g/mol. The fraction of sp³-hybridized carbons (Fsp3) is 0.500. The zero-order valence-electron chi connectivity index (χ0n) is 13.3. The summed E-state index contributed by atoms with van der Waals surface area (Å²) in [6.07, 6.45) is -1.06. The second-order valence-corrected chi connectivity index (χ2v) is 7.93. The van der Waals surface area contributed by atoms with Crippen LogP contribution in [0.25, 0.3) is 0 Å². The van der Waals surface area contributed by atoms with Crippen molar-refractivity contribution in [2.24, 2.45) is 0 Å². The molecule has 0 saturated carbocycles. The zero-order chi connectivity index (χ0) is 19.9. The van der Waals surface area contributed by atoms with Crippen molar-refractivity contribution < 1.29 is 35.2 Å². The molecule has 12 heteroatoms. The standard InChI is InChI=1S/C14H14ClF5N2O3S/c1-8-6-10(15)11(21-26(24,25)14(18,19)20)7-9(8)12(23)22-4-2-13(16,17)3-5-22/h6-7,21H,2-5H2,1H3. The summed E-state index contributed by atoms with van der Waals surface area (Å²) in [5.41, 5.74) is -6.05. The molecule has 26 heavy (non-hydrogen) atoms. The van der Waals surface area contributed by atoms with Gasteiger partial charge in [0, 0.05) is 31.5 Å². The van der Waals surface area contributed by atoms with E-state index in [0.717, 1.165) is 17.0 Å². The van der Waals surface area contributed by atoms with E-state index in [0.29, 0.717) is 0 Å². The Morgan fingerprint density at radius 3 is 2.27 bits per heavy atom. The first-order valence-corrected chi connectivity index (χ1v) is 9.16. The van der Waals surface area contributed by atoms with Crippen LogP contribution in [0.2, 0.25) is 5.02 Å². The molecule has 1 aliphatic rings. The molecule has 1 heterocycles. The van der Waals surface area contributed by atoms with E-state index in [-0.39, 0.29) is 29.2 Å². The normalized spacial score (nSPS) is 17.9. The highest BCUT2D eigenvalue weighted by molar-refractivity contribution is 7.93. The SMILES string of the molecule is Cc1cc(Cl)c(NS(=O)(=O)C(F)(F)F)cc1C(=O)N1CCC(F)(F)CC1. The number of carbonyl (C=O) groups excluding carboxylic acids is 1. The van der Waals surface area contributed by atoms with Crippen molar-refractivity contribution in [2.45, 2.75) is 31.2 Å². The number of benzene rings is 1. The summed E-state index contributed by atoms with van der Waals surface area (Å²) in [6.45, 7) is 0.995. The lowest BCUT2D eigenvalue weighted by Gasteiger charge is -2.32.